The average Bonchev–Trinajstić information content (AvgIpc) is 2.86. The Labute approximate surface area is 209 Å². The van der Waals surface area contributed by atoms with E-state index in [0.717, 1.165) is 16.7 Å². The Morgan fingerprint density at radius 1 is 0.694 bits per heavy atom. The number of methoxy groups -OCH3 is 1. The van der Waals surface area contributed by atoms with Gasteiger partial charge in [-0.25, -0.2) is 0 Å². The molecule has 4 aromatic carbocycles. The minimum Gasteiger partial charge on any atom is -0.508 e. The van der Waals surface area contributed by atoms with E-state index < -0.39 is 0 Å². The normalized spacial score (nSPS) is 12.0. The molecule has 0 aromatic heterocycles. The van der Waals surface area contributed by atoms with Crippen molar-refractivity contribution in [2.24, 2.45) is 0 Å². The van der Waals surface area contributed by atoms with Crippen molar-refractivity contribution in [3.63, 3.8) is 0 Å². The summed E-state index contributed by atoms with van der Waals surface area (Å²) in [6.07, 6.45) is 4.81. The summed E-state index contributed by atoms with van der Waals surface area (Å²) >= 11 is 0. The van der Waals surface area contributed by atoms with E-state index in [9.17, 15) is 25.5 Å². The fourth-order valence-electron chi connectivity index (χ4n) is 4.36. The molecule has 4 rings (SSSR count). The maximum Gasteiger partial charge on any atom is 0.125 e. The van der Waals surface area contributed by atoms with Crippen LogP contribution in [0.15, 0.2) is 78.9 Å². The lowest BCUT2D eigenvalue weighted by molar-refractivity contribution is 0.401. The van der Waals surface area contributed by atoms with E-state index in [0.29, 0.717) is 29.7 Å². The summed E-state index contributed by atoms with van der Waals surface area (Å²) in [7, 11) is 1.55. The predicted octanol–water partition coefficient (Wildman–Crippen LogP) is 6.16. The number of hydrogen-bond acceptors (Lipinski definition) is 6. The topological polar surface area (TPSA) is 110 Å². The van der Waals surface area contributed by atoms with Gasteiger partial charge in [-0.15, -0.1) is 0 Å². The van der Waals surface area contributed by atoms with Gasteiger partial charge in [0, 0.05) is 23.6 Å². The van der Waals surface area contributed by atoms with Crippen LogP contribution in [0.25, 0.3) is 12.2 Å². The van der Waals surface area contributed by atoms with Gasteiger partial charge < -0.3 is 30.3 Å². The summed E-state index contributed by atoms with van der Waals surface area (Å²) in [6, 6.07) is 21.4. The third-order valence-electron chi connectivity index (χ3n) is 6.14. The van der Waals surface area contributed by atoms with E-state index in [2.05, 4.69) is 0 Å². The number of phenols is 5. The first-order valence-electron chi connectivity index (χ1n) is 11.5. The minimum atomic E-state index is -0.288. The molecule has 1 atom stereocenters. The molecule has 6 heteroatoms. The fraction of sp³-hybridized carbons (Fsp3) is 0.133. The molecule has 0 saturated heterocycles. The summed E-state index contributed by atoms with van der Waals surface area (Å²) in [4.78, 5) is 0. The third-order valence-corrected chi connectivity index (χ3v) is 6.14. The number of ether oxygens (including phenoxy) is 1. The van der Waals surface area contributed by atoms with E-state index in [4.69, 9.17) is 4.74 Å². The highest BCUT2D eigenvalue weighted by Crippen LogP contribution is 2.41. The van der Waals surface area contributed by atoms with E-state index in [1.165, 1.54) is 6.07 Å². The van der Waals surface area contributed by atoms with Gasteiger partial charge in [0.2, 0.25) is 0 Å². The molecule has 4 aromatic rings. The highest BCUT2D eigenvalue weighted by molar-refractivity contribution is 5.74. The van der Waals surface area contributed by atoms with Gasteiger partial charge >= 0.3 is 0 Å². The maximum atomic E-state index is 11.0. The van der Waals surface area contributed by atoms with Gasteiger partial charge in [-0.2, -0.15) is 0 Å². The van der Waals surface area contributed by atoms with E-state index in [1.807, 2.05) is 30.4 Å². The molecule has 0 aliphatic heterocycles. The summed E-state index contributed by atoms with van der Waals surface area (Å²) in [5, 5.41) is 50.4. The third kappa shape index (κ3) is 5.73. The quantitative estimate of drug-likeness (QED) is 0.192. The van der Waals surface area contributed by atoms with E-state index in [-0.39, 0.29) is 34.7 Å². The summed E-state index contributed by atoms with van der Waals surface area (Å²) < 4.78 is 5.44. The van der Waals surface area contributed by atoms with Gasteiger partial charge in [0.15, 0.2) is 0 Å². The van der Waals surface area contributed by atoms with Crippen molar-refractivity contribution in [1.29, 1.82) is 0 Å². The maximum absolute atomic E-state index is 11.0. The highest BCUT2D eigenvalue weighted by atomic mass is 16.5. The van der Waals surface area contributed by atoms with Crippen LogP contribution in [0.2, 0.25) is 0 Å². The van der Waals surface area contributed by atoms with Gasteiger partial charge in [0.05, 0.1) is 7.11 Å². The average molecular weight is 485 g/mol. The molecule has 0 saturated carbocycles. The molecule has 0 aliphatic rings. The van der Waals surface area contributed by atoms with Crippen LogP contribution < -0.4 is 4.74 Å². The largest absolute Gasteiger partial charge is 0.508 e. The monoisotopic (exact) mass is 484 g/mol. The van der Waals surface area contributed by atoms with Crippen LogP contribution in [-0.4, -0.2) is 32.6 Å². The molecule has 0 bridgehead atoms. The van der Waals surface area contributed by atoms with E-state index in [1.54, 1.807) is 61.7 Å². The molecule has 6 nitrogen and oxygen atoms in total. The lowest BCUT2D eigenvalue weighted by atomic mass is 9.83. The van der Waals surface area contributed by atoms with E-state index >= 15 is 0 Å². The predicted molar refractivity (Wildman–Crippen MR) is 140 cm³/mol. The van der Waals surface area contributed by atoms with Gasteiger partial charge in [0.1, 0.15) is 34.5 Å². The van der Waals surface area contributed by atoms with Crippen LogP contribution >= 0.6 is 0 Å². The second-order valence-corrected chi connectivity index (χ2v) is 8.57. The van der Waals surface area contributed by atoms with Crippen LogP contribution in [0.1, 0.15) is 40.2 Å². The molecular formula is C30H28O6. The smallest absolute Gasteiger partial charge is 0.125 e. The first-order chi connectivity index (χ1) is 17.3. The van der Waals surface area contributed by atoms with Crippen molar-refractivity contribution in [2.75, 3.05) is 7.11 Å². The molecule has 0 spiro atoms. The summed E-state index contributed by atoms with van der Waals surface area (Å²) in [5.41, 5.74) is 3.89. The molecule has 0 aliphatic carbocycles. The molecule has 0 unspecified atom stereocenters. The van der Waals surface area contributed by atoms with Gasteiger partial charge in [-0.05, 0) is 71.5 Å². The highest BCUT2D eigenvalue weighted by Gasteiger charge is 2.22. The Bertz CT molecular complexity index is 1360. The standard InChI is InChI=1S/C30H28O6/c1-36-29-18-25(33)14-8-21(29)9-15-27(20-6-12-24(32)13-7-20)30-22(16-26(34)17-28(30)35)5-2-19-3-10-23(31)11-4-19/h2-8,10-14,16-18,27,31-35H,9,15H2,1H3/b5-2+/t27-/m1/s1. The lowest BCUT2D eigenvalue weighted by Gasteiger charge is -2.22. The second-order valence-electron chi connectivity index (χ2n) is 8.57. The second kappa shape index (κ2) is 10.8. The zero-order valence-corrected chi connectivity index (χ0v) is 19.8. The summed E-state index contributed by atoms with van der Waals surface area (Å²) in [6.45, 7) is 0. The molecule has 0 radical (unpaired) electrons. The van der Waals surface area contributed by atoms with Crippen molar-refractivity contribution < 1.29 is 30.3 Å². The minimum absolute atomic E-state index is 0.0453. The van der Waals surface area contributed by atoms with Crippen molar-refractivity contribution in [3.05, 3.63) is 107 Å². The van der Waals surface area contributed by atoms with Crippen LogP contribution in [0.4, 0.5) is 0 Å². The molecule has 0 heterocycles. The Kier molecular flexibility index (Phi) is 7.35. The zero-order chi connectivity index (χ0) is 25.7. The van der Waals surface area contributed by atoms with Crippen molar-refractivity contribution in [3.8, 4) is 34.5 Å². The Hall–Kier alpha value is -4.58. The SMILES string of the molecule is COc1cc(O)ccc1CC[C@H](c1ccc(O)cc1)c1c(O)cc(O)cc1/C=C/c1ccc(O)cc1. The van der Waals surface area contributed by atoms with Gasteiger partial charge in [-0.3, -0.25) is 0 Å². The molecule has 5 N–H and O–H groups in total. The molecular weight excluding hydrogens is 456 g/mol. The van der Waals surface area contributed by atoms with Gasteiger partial charge in [-0.1, -0.05) is 42.5 Å². The molecule has 36 heavy (non-hydrogen) atoms. The molecule has 0 amide bonds. The van der Waals surface area contributed by atoms with Crippen LogP contribution in [-0.2, 0) is 6.42 Å². The first kappa shape index (κ1) is 24.5. The van der Waals surface area contributed by atoms with Crippen molar-refractivity contribution in [1.82, 2.24) is 0 Å². The molecule has 0 fully saturated rings. The first-order valence-corrected chi connectivity index (χ1v) is 11.5. The molecule has 184 valence electrons. The Balaban J connectivity index is 1.77. The Morgan fingerprint density at radius 2 is 1.33 bits per heavy atom. The lowest BCUT2D eigenvalue weighted by Crippen LogP contribution is -2.06. The number of aryl methyl sites for hydroxylation is 1. The fourth-order valence-corrected chi connectivity index (χ4v) is 4.36. The van der Waals surface area contributed by atoms with Crippen LogP contribution in [0, 0.1) is 0 Å². The Morgan fingerprint density at radius 3 is 2.00 bits per heavy atom. The van der Waals surface area contributed by atoms with Crippen molar-refractivity contribution >= 4 is 12.2 Å². The van der Waals surface area contributed by atoms with Crippen LogP contribution in [0.5, 0.6) is 34.5 Å². The number of phenolic OH excluding ortho intramolecular Hbond substituents is 5. The number of benzene rings is 4. The van der Waals surface area contributed by atoms with Gasteiger partial charge in [0.25, 0.3) is 0 Å². The number of aromatic hydroxyl groups is 5. The zero-order valence-electron chi connectivity index (χ0n) is 19.8. The number of rotatable bonds is 8. The summed E-state index contributed by atoms with van der Waals surface area (Å²) in [5.74, 6) is 0.594. The van der Waals surface area contributed by atoms with Crippen molar-refractivity contribution in [2.45, 2.75) is 18.8 Å². The van der Waals surface area contributed by atoms with Crippen LogP contribution in [0.3, 0.4) is 0 Å². The number of hydrogen-bond donors (Lipinski definition) is 5.